The second kappa shape index (κ2) is 6.41. The predicted octanol–water partition coefficient (Wildman–Crippen LogP) is 0.0436. The zero-order valence-corrected chi connectivity index (χ0v) is 12.3. The van der Waals surface area contributed by atoms with Gasteiger partial charge in [-0.25, -0.2) is 0 Å². The first-order valence-electron chi connectivity index (χ1n) is 8.11. The molecule has 0 spiro atoms. The Bertz CT molecular complexity index is 338. The minimum Gasteiger partial charge on any atom is -0.396 e. The first-order chi connectivity index (χ1) is 9.74. The minimum atomic E-state index is 0.161. The van der Waals surface area contributed by atoms with Gasteiger partial charge in [-0.15, -0.1) is 0 Å². The molecule has 2 N–H and O–H groups in total. The lowest BCUT2D eigenvalue weighted by molar-refractivity contribution is -0.123. The van der Waals surface area contributed by atoms with Crippen molar-refractivity contribution in [1.82, 2.24) is 15.1 Å². The summed E-state index contributed by atoms with van der Waals surface area (Å²) in [7, 11) is 0. The van der Waals surface area contributed by atoms with Gasteiger partial charge in [-0.05, 0) is 44.6 Å². The summed E-state index contributed by atoms with van der Waals surface area (Å²) in [6.07, 6.45) is 5.96. The van der Waals surface area contributed by atoms with Crippen molar-refractivity contribution in [2.45, 2.75) is 44.2 Å². The Morgan fingerprint density at radius 3 is 2.45 bits per heavy atom. The van der Waals surface area contributed by atoms with Crippen molar-refractivity contribution in [2.24, 2.45) is 5.92 Å². The van der Waals surface area contributed by atoms with E-state index in [0.717, 1.165) is 51.5 Å². The van der Waals surface area contributed by atoms with Gasteiger partial charge in [0.1, 0.15) is 0 Å². The Morgan fingerprint density at radius 2 is 1.85 bits per heavy atom. The molecule has 1 saturated carbocycles. The second-order valence-electron chi connectivity index (χ2n) is 6.68. The highest BCUT2D eigenvalue weighted by Gasteiger charge is 2.32. The van der Waals surface area contributed by atoms with Crippen LogP contribution in [-0.2, 0) is 4.79 Å². The van der Waals surface area contributed by atoms with Crippen LogP contribution in [0.5, 0.6) is 0 Å². The van der Waals surface area contributed by atoms with Crippen molar-refractivity contribution in [3.63, 3.8) is 0 Å². The van der Waals surface area contributed by atoms with Crippen molar-refractivity contribution < 1.29 is 9.90 Å². The number of aliphatic hydroxyl groups excluding tert-OH is 1. The number of nitrogens with zero attached hydrogens (tertiary/aromatic N) is 2. The lowest BCUT2D eigenvalue weighted by Crippen LogP contribution is -2.47. The maximum Gasteiger partial charge on any atom is 0.234 e. The number of carbonyl (C=O) groups excluding carboxylic acids is 1. The van der Waals surface area contributed by atoms with Crippen LogP contribution in [0, 0.1) is 5.92 Å². The molecule has 2 aliphatic heterocycles. The highest BCUT2D eigenvalue weighted by molar-refractivity contribution is 5.78. The van der Waals surface area contributed by atoms with Gasteiger partial charge in [0.2, 0.25) is 5.91 Å². The molecule has 114 valence electrons. The molecule has 0 bridgehead atoms. The van der Waals surface area contributed by atoms with Crippen molar-refractivity contribution >= 4 is 5.91 Å². The summed E-state index contributed by atoms with van der Waals surface area (Å²) in [6, 6.07) is 1.22. The summed E-state index contributed by atoms with van der Waals surface area (Å²) in [5, 5.41) is 12.3. The standard InChI is InChI=1S/C15H27N3O2/c19-11-12-3-6-17(9-12)10-15(20)16-13-4-7-18(8-5-13)14-1-2-14/h12-14,19H,1-11H2,(H,16,20). The zero-order chi connectivity index (χ0) is 13.9. The molecule has 3 rings (SSSR count). The lowest BCUT2D eigenvalue weighted by atomic mass is 10.0. The van der Waals surface area contributed by atoms with Gasteiger partial charge in [-0.1, -0.05) is 0 Å². The van der Waals surface area contributed by atoms with Gasteiger partial charge in [-0.2, -0.15) is 0 Å². The summed E-state index contributed by atoms with van der Waals surface area (Å²) in [5.41, 5.74) is 0. The molecule has 5 heteroatoms. The van der Waals surface area contributed by atoms with Gasteiger partial charge in [0.05, 0.1) is 6.54 Å². The summed E-state index contributed by atoms with van der Waals surface area (Å²) < 4.78 is 0. The average molecular weight is 281 g/mol. The largest absolute Gasteiger partial charge is 0.396 e. The molecule has 20 heavy (non-hydrogen) atoms. The van der Waals surface area contributed by atoms with Crippen molar-refractivity contribution in [3.05, 3.63) is 0 Å². The van der Waals surface area contributed by atoms with Gasteiger partial charge in [-0.3, -0.25) is 9.69 Å². The number of amides is 1. The Morgan fingerprint density at radius 1 is 1.10 bits per heavy atom. The number of carbonyl (C=O) groups is 1. The van der Waals surface area contributed by atoms with Crippen LogP contribution in [0.1, 0.15) is 32.1 Å². The fourth-order valence-electron chi connectivity index (χ4n) is 3.53. The number of piperidine rings is 1. The molecule has 5 nitrogen and oxygen atoms in total. The molecular weight excluding hydrogens is 254 g/mol. The fraction of sp³-hybridized carbons (Fsp3) is 0.933. The van der Waals surface area contributed by atoms with Gasteiger partial charge in [0.15, 0.2) is 0 Å². The van der Waals surface area contributed by atoms with Gasteiger partial charge >= 0.3 is 0 Å². The molecular formula is C15H27N3O2. The van der Waals surface area contributed by atoms with E-state index in [1.54, 1.807) is 0 Å². The molecule has 0 aromatic rings. The van der Waals surface area contributed by atoms with Crippen molar-refractivity contribution in [3.8, 4) is 0 Å². The number of hydrogen-bond donors (Lipinski definition) is 2. The number of rotatable bonds is 5. The topological polar surface area (TPSA) is 55.8 Å². The third-order valence-corrected chi connectivity index (χ3v) is 4.95. The van der Waals surface area contributed by atoms with E-state index in [4.69, 9.17) is 5.11 Å². The smallest absolute Gasteiger partial charge is 0.234 e. The van der Waals surface area contributed by atoms with E-state index >= 15 is 0 Å². The average Bonchev–Trinajstić information content (AvgIpc) is 3.20. The third kappa shape index (κ3) is 3.71. The molecule has 0 aromatic heterocycles. The molecule has 1 atom stereocenters. The van der Waals surface area contributed by atoms with Crippen LogP contribution in [-0.4, -0.2) is 72.2 Å². The molecule has 3 aliphatic rings. The van der Waals surface area contributed by atoms with Crippen molar-refractivity contribution in [1.29, 1.82) is 0 Å². The Kier molecular flexibility index (Phi) is 4.58. The van der Waals surface area contributed by atoms with Crippen LogP contribution in [0.15, 0.2) is 0 Å². The Labute approximate surface area is 121 Å². The monoisotopic (exact) mass is 281 g/mol. The number of hydrogen-bond acceptors (Lipinski definition) is 4. The molecule has 0 aromatic carbocycles. The molecule has 0 radical (unpaired) electrons. The third-order valence-electron chi connectivity index (χ3n) is 4.95. The minimum absolute atomic E-state index is 0.161. The van der Waals surface area contributed by atoms with E-state index in [-0.39, 0.29) is 12.5 Å². The number of nitrogens with one attached hydrogen (secondary N) is 1. The molecule has 1 unspecified atom stereocenters. The number of likely N-dealkylation sites (tertiary alicyclic amines) is 2. The SMILES string of the molecule is O=C(CN1CCC(CO)C1)NC1CCN(C2CC2)CC1. The van der Waals surface area contributed by atoms with Crippen LogP contribution in [0.25, 0.3) is 0 Å². The predicted molar refractivity (Wildman–Crippen MR) is 77.4 cm³/mol. The number of aliphatic hydroxyl groups is 1. The summed E-state index contributed by atoms with van der Waals surface area (Å²) in [5.74, 6) is 0.526. The van der Waals surface area contributed by atoms with Crippen LogP contribution in [0.3, 0.4) is 0 Å². The van der Waals surface area contributed by atoms with E-state index in [9.17, 15) is 4.79 Å². The lowest BCUT2D eigenvalue weighted by Gasteiger charge is -2.32. The van der Waals surface area contributed by atoms with Crippen LogP contribution >= 0.6 is 0 Å². The summed E-state index contributed by atoms with van der Waals surface area (Å²) >= 11 is 0. The highest BCUT2D eigenvalue weighted by Crippen LogP contribution is 2.29. The van der Waals surface area contributed by atoms with E-state index in [0.29, 0.717) is 18.5 Å². The van der Waals surface area contributed by atoms with Gasteiger partial charge in [0, 0.05) is 38.3 Å². The van der Waals surface area contributed by atoms with E-state index in [1.807, 2.05) is 0 Å². The van der Waals surface area contributed by atoms with Gasteiger partial charge < -0.3 is 15.3 Å². The molecule has 1 amide bonds. The molecule has 1 aliphatic carbocycles. The maximum absolute atomic E-state index is 12.1. The van der Waals surface area contributed by atoms with Crippen molar-refractivity contribution in [2.75, 3.05) is 39.3 Å². The van der Waals surface area contributed by atoms with E-state index < -0.39 is 0 Å². The Hall–Kier alpha value is -0.650. The quantitative estimate of drug-likeness (QED) is 0.747. The maximum atomic E-state index is 12.1. The van der Waals surface area contributed by atoms with Crippen LogP contribution in [0.4, 0.5) is 0 Å². The van der Waals surface area contributed by atoms with Crippen LogP contribution < -0.4 is 5.32 Å². The van der Waals surface area contributed by atoms with Crippen LogP contribution in [0.2, 0.25) is 0 Å². The summed E-state index contributed by atoms with van der Waals surface area (Å²) in [4.78, 5) is 16.8. The first kappa shape index (κ1) is 14.3. The Balaban J connectivity index is 1.34. The van der Waals surface area contributed by atoms with E-state index in [2.05, 4.69) is 15.1 Å². The van der Waals surface area contributed by atoms with Gasteiger partial charge in [0.25, 0.3) is 0 Å². The molecule has 2 saturated heterocycles. The normalized spacial score (nSPS) is 29.8. The molecule has 3 fully saturated rings. The van der Waals surface area contributed by atoms with E-state index in [1.165, 1.54) is 12.8 Å². The zero-order valence-electron chi connectivity index (χ0n) is 12.3. The second-order valence-corrected chi connectivity index (χ2v) is 6.68. The first-order valence-corrected chi connectivity index (χ1v) is 8.11. The fourth-order valence-corrected chi connectivity index (χ4v) is 3.53. The summed E-state index contributed by atoms with van der Waals surface area (Å²) in [6.45, 7) is 4.84. The molecule has 2 heterocycles. The highest BCUT2D eigenvalue weighted by atomic mass is 16.3.